The predicted molar refractivity (Wildman–Crippen MR) is 33.0 cm³/mol. The molecule has 0 rings (SSSR count). The molecule has 0 saturated heterocycles. The van der Waals surface area contributed by atoms with E-state index in [0.29, 0.717) is 0 Å². The molecule has 1 heteroatoms. The average Bonchev–Trinajstić information content (AvgIpc) is 1.69. The fourth-order valence-electron chi connectivity index (χ4n) is 0.263. The van der Waals surface area contributed by atoms with Crippen LogP contribution in [-0.2, 0) is 0 Å². The lowest BCUT2D eigenvalue weighted by molar-refractivity contribution is 1.10. The summed E-state index contributed by atoms with van der Waals surface area (Å²) in [4.78, 5) is 0. The van der Waals surface area contributed by atoms with Crippen molar-refractivity contribution in [1.82, 2.24) is 5.32 Å². The Morgan fingerprint density at radius 3 is 2.43 bits per heavy atom. The van der Waals surface area contributed by atoms with Crippen LogP contribution < -0.4 is 5.32 Å². The fourth-order valence-corrected chi connectivity index (χ4v) is 0.263. The maximum absolute atomic E-state index is 2.87. The van der Waals surface area contributed by atoms with E-state index in [9.17, 15) is 0 Å². The van der Waals surface area contributed by atoms with E-state index in [-0.39, 0.29) is 0 Å². The van der Waals surface area contributed by atoms with E-state index in [1.54, 1.807) is 0 Å². The van der Waals surface area contributed by atoms with Gasteiger partial charge in [-0.2, -0.15) is 0 Å². The minimum atomic E-state index is 1.88. The average molecular weight is 97.2 g/mol. The van der Waals surface area contributed by atoms with Crippen LogP contribution in [0, 0.1) is 0 Å². The lowest BCUT2D eigenvalue weighted by Crippen LogP contribution is -1.89. The minimum absolute atomic E-state index is 1.88. The van der Waals surface area contributed by atoms with Gasteiger partial charge >= 0.3 is 0 Å². The van der Waals surface area contributed by atoms with Crippen LogP contribution >= 0.6 is 0 Å². The number of nitrogens with one attached hydrogen (secondary N) is 1. The van der Waals surface area contributed by atoms with Gasteiger partial charge in [-0.05, 0) is 19.2 Å². The SMILES string of the molecule is CC=C/C=C/NC. The maximum Gasteiger partial charge on any atom is 0.00277 e. The van der Waals surface area contributed by atoms with Gasteiger partial charge in [0.05, 0.1) is 0 Å². The van der Waals surface area contributed by atoms with Crippen molar-refractivity contribution in [3.05, 3.63) is 24.4 Å². The fraction of sp³-hybridized carbons (Fsp3) is 0.333. The highest BCUT2D eigenvalue weighted by Crippen LogP contribution is 1.69. The summed E-state index contributed by atoms with van der Waals surface area (Å²) in [5, 5.41) is 2.87. The highest BCUT2D eigenvalue weighted by atomic mass is 14.8. The first-order valence-electron chi connectivity index (χ1n) is 2.37. The Morgan fingerprint density at radius 1 is 1.29 bits per heavy atom. The quantitative estimate of drug-likeness (QED) is 0.512. The summed E-state index contributed by atoms with van der Waals surface area (Å²) >= 11 is 0. The molecule has 0 aliphatic rings. The first-order chi connectivity index (χ1) is 3.41. The Labute approximate surface area is 44.7 Å². The molecule has 7 heavy (non-hydrogen) atoms. The van der Waals surface area contributed by atoms with E-state index in [2.05, 4.69) is 5.32 Å². The number of hydrogen-bond acceptors (Lipinski definition) is 1. The summed E-state index contributed by atoms with van der Waals surface area (Å²) in [5.74, 6) is 0. The highest BCUT2D eigenvalue weighted by molar-refractivity contribution is 4.99. The second-order valence-corrected chi connectivity index (χ2v) is 1.17. The van der Waals surface area contributed by atoms with Crippen LogP contribution in [-0.4, -0.2) is 7.05 Å². The Morgan fingerprint density at radius 2 is 2.00 bits per heavy atom. The van der Waals surface area contributed by atoms with Crippen molar-refractivity contribution in [3.63, 3.8) is 0 Å². The molecule has 1 nitrogen and oxygen atoms in total. The van der Waals surface area contributed by atoms with Crippen molar-refractivity contribution >= 4 is 0 Å². The molecule has 0 aliphatic heterocycles. The predicted octanol–water partition coefficient (Wildman–Crippen LogP) is 1.30. The van der Waals surface area contributed by atoms with Gasteiger partial charge in [0.2, 0.25) is 0 Å². The molecule has 0 aromatic heterocycles. The van der Waals surface area contributed by atoms with E-state index in [1.807, 2.05) is 38.4 Å². The maximum atomic E-state index is 2.87. The molecule has 0 unspecified atom stereocenters. The molecule has 0 heterocycles. The molecule has 0 saturated carbocycles. The summed E-state index contributed by atoms with van der Waals surface area (Å²) in [6, 6.07) is 0. The number of allylic oxidation sites excluding steroid dienone is 3. The van der Waals surface area contributed by atoms with Crippen LogP contribution in [0.4, 0.5) is 0 Å². The zero-order valence-electron chi connectivity index (χ0n) is 4.81. The zero-order valence-corrected chi connectivity index (χ0v) is 4.81. The van der Waals surface area contributed by atoms with Gasteiger partial charge in [-0.1, -0.05) is 12.2 Å². The molecule has 0 fully saturated rings. The van der Waals surface area contributed by atoms with Crippen LogP contribution in [0.3, 0.4) is 0 Å². The Kier molecular flexibility index (Phi) is 4.74. The van der Waals surface area contributed by atoms with E-state index in [4.69, 9.17) is 0 Å². The Hall–Kier alpha value is -0.720. The summed E-state index contributed by atoms with van der Waals surface area (Å²) in [7, 11) is 1.88. The lowest BCUT2D eigenvalue weighted by Gasteiger charge is -1.77. The molecule has 0 aromatic carbocycles. The normalized spacial score (nSPS) is 11.1. The van der Waals surface area contributed by atoms with Gasteiger partial charge in [0.1, 0.15) is 0 Å². The van der Waals surface area contributed by atoms with Crippen LogP contribution in [0.25, 0.3) is 0 Å². The molecule has 0 bridgehead atoms. The number of hydrogen-bond donors (Lipinski definition) is 1. The first kappa shape index (κ1) is 6.28. The largest absolute Gasteiger partial charge is 0.394 e. The summed E-state index contributed by atoms with van der Waals surface area (Å²) < 4.78 is 0. The molecule has 0 radical (unpaired) electrons. The van der Waals surface area contributed by atoms with Gasteiger partial charge < -0.3 is 5.32 Å². The highest BCUT2D eigenvalue weighted by Gasteiger charge is 1.54. The van der Waals surface area contributed by atoms with Gasteiger partial charge in [0, 0.05) is 7.05 Å². The van der Waals surface area contributed by atoms with Gasteiger partial charge in [-0.3, -0.25) is 0 Å². The van der Waals surface area contributed by atoms with Crippen molar-refractivity contribution in [3.8, 4) is 0 Å². The van der Waals surface area contributed by atoms with E-state index < -0.39 is 0 Å². The van der Waals surface area contributed by atoms with Crippen molar-refractivity contribution in [1.29, 1.82) is 0 Å². The monoisotopic (exact) mass is 97.1 g/mol. The van der Waals surface area contributed by atoms with Gasteiger partial charge in [-0.15, -0.1) is 0 Å². The summed E-state index contributed by atoms with van der Waals surface area (Å²) in [6.45, 7) is 1.99. The molecule has 0 aromatic rings. The zero-order chi connectivity index (χ0) is 5.54. The molecule has 0 amide bonds. The second kappa shape index (κ2) is 5.28. The lowest BCUT2D eigenvalue weighted by atomic mass is 10.5. The minimum Gasteiger partial charge on any atom is -0.394 e. The molecule has 0 spiro atoms. The molecule has 0 atom stereocenters. The Balaban J connectivity index is 3.09. The van der Waals surface area contributed by atoms with Gasteiger partial charge in [0.25, 0.3) is 0 Å². The summed E-state index contributed by atoms with van der Waals surface area (Å²) in [5.41, 5.74) is 0. The standard InChI is InChI=1S/C6H11N/c1-3-4-5-6-7-2/h3-7H,1-2H3/b4-3?,6-5+. The molecule has 1 N–H and O–H groups in total. The van der Waals surface area contributed by atoms with Crippen molar-refractivity contribution in [2.24, 2.45) is 0 Å². The molecular formula is C6H11N. The van der Waals surface area contributed by atoms with Crippen molar-refractivity contribution in [2.75, 3.05) is 7.05 Å². The summed E-state index contributed by atoms with van der Waals surface area (Å²) in [6.07, 6.45) is 7.77. The third kappa shape index (κ3) is 5.28. The van der Waals surface area contributed by atoms with Crippen LogP contribution in [0.1, 0.15) is 6.92 Å². The topological polar surface area (TPSA) is 12.0 Å². The second-order valence-electron chi connectivity index (χ2n) is 1.17. The van der Waals surface area contributed by atoms with Crippen molar-refractivity contribution in [2.45, 2.75) is 6.92 Å². The van der Waals surface area contributed by atoms with Gasteiger partial charge in [0.15, 0.2) is 0 Å². The van der Waals surface area contributed by atoms with Crippen LogP contribution in [0.5, 0.6) is 0 Å². The Bertz CT molecular complexity index is 72.2. The van der Waals surface area contributed by atoms with Crippen molar-refractivity contribution < 1.29 is 0 Å². The van der Waals surface area contributed by atoms with Crippen LogP contribution in [0.15, 0.2) is 24.4 Å². The van der Waals surface area contributed by atoms with E-state index >= 15 is 0 Å². The molecule has 40 valence electrons. The number of rotatable bonds is 2. The van der Waals surface area contributed by atoms with E-state index in [0.717, 1.165) is 0 Å². The van der Waals surface area contributed by atoms with E-state index in [1.165, 1.54) is 0 Å². The third-order valence-electron chi connectivity index (χ3n) is 0.566. The van der Waals surface area contributed by atoms with Crippen LogP contribution in [0.2, 0.25) is 0 Å². The molecule has 0 aliphatic carbocycles. The third-order valence-corrected chi connectivity index (χ3v) is 0.566. The molecular weight excluding hydrogens is 86.1 g/mol. The smallest absolute Gasteiger partial charge is 0.00277 e. The van der Waals surface area contributed by atoms with Gasteiger partial charge in [-0.25, -0.2) is 0 Å². The first-order valence-corrected chi connectivity index (χ1v) is 2.37.